The van der Waals surface area contributed by atoms with E-state index in [9.17, 15) is 0 Å². The third-order valence-corrected chi connectivity index (χ3v) is 2.48. The van der Waals surface area contributed by atoms with Gasteiger partial charge in [-0.3, -0.25) is 0 Å². The fourth-order valence-corrected chi connectivity index (χ4v) is 1.72. The first-order valence-electron chi connectivity index (χ1n) is 5.36. The molecule has 1 aromatic carbocycles. The van der Waals surface area contributed by atoms with E-state index in [0.29, 0.717) is 0 Å². The summed E-state index contributed by atoms with van der Waals surface area (Å²) in [4.78, 5) is 0. The maximum atomic E-state index is 5.82. The van der Waals surface area contributed by atoms with E-state index in [1.165, 1.54) is 0 Å². The number of benzene rings is 1. The van der Waals surface area contributed by atoms with Gasteiger partial charge in [0.2, 0.25) is 0 Å². The molecule has 2 rings (SSSR count). The van der Waals surface area contributed by atoms with Crippen molar-refractivity contribution in [2.75, 3.05) is 6.61 Å². The molecule has 0 bridgehead atoms. The number of hydrogen-bond donors (Lipinski definition) is 0. The lowest BCUT2D eigenvalue weighted by atomic mass is 10.0. The molecular weight excluding hydrogens is 188 g/mol. The van der Waals surface area contributed by atoms with E-state index in [-0.39, 0.29) is 6.10 Å². The normalized spacial score (nSPS) is 19.1. The SMILES string of the molecule is CCCOC1C(C)=COc2ccccc21. The average molecular weight is 204 g/mol. The molecule has 0 saturated carbocycles. The van der Waals surface area contributed by atoms with Crippen LogP contribution in [0.3, 0.4) is 0 Å². The van der Waals surface area contributed by atoms with Gasteiger partial charge in [0.25, 0.3) is 0 Å². The summed E-state index contributed by atoms with van der Waals surface area (Å²) in [6.45, 7) is 4.94. The second-order valence-electron chi connectivity index (χ2n) is 3.77. The second kappa shape index (κ2) is 4.49. The molecule has 0 aliphatic carbocycles. The minimum absolute atomic E-state index is 0.0647. The summed E-state index contributed by atoms with van der Waals surface area (Å²) in [7, 11) is 0. The highest BCUT2D eigenvalue weighted by molar-refractivity contribution is 5.41. The molecule has 0 saturated heterocycles. The van der Waals surface area contributed by atoms with E-state index < -0.39 is 0 Å². The minimum Gasteiger partial charge on any atom is -0.465 e. The van der Waals surface area contributed by atoms with Crippen LogP contribution in [-0.2, 0) is 4.74 Å². The maximum Gasteiger partial charge on any atom is 0.132 e. The highest BCUT2D eigenvalue weighted by Crippen LogP contribution is 2.36. The topological polar surface area (TPSA) is 18.5 Å². The second-order valence-corrected chi connectivity index (χ2v) is 3.77. The molecule has 0 N–H and O–H groups in total. The predicted octanol–water partition coefficient (Wildman–Crippen LogP) is 3.45. The van der Waals surface area contributed by atoms with Gasteiger partial charge in [-0.15, -0.1) is 0 Å². The summed E-state index contributed by atoms with van der Waals surface area (Å²) in [6.07, 6.45) is 2.88. The van der Waals surface area contributed by atoms with Gasteiger partial charge in [0.05, 0.1) is 6.26 Å². The quantitative estimate of drug-likeness (QED) is 0.750. The molecular formula is C13H16O2. The molecule has 2 nitrogen and oxygen atoms in total. The molecule has 1 atom stereocenters. The standard InChI is InChI=1S/C13H16O2/c1-3-8-14-13-10(2)9-15-12-7-5-4-6-11(12)13/h4-7,9,13H,3,8H2,1-2H3. The average Bonchev–Trinajstić information content (AvgIpc) is 2.28. The first-order chi connectivity index (χ1) is 7.33. The summed E-state index contributed by atoms with van der Waals surface area (Å²) in [5.41, 5.74) is 2.26. The van der Waals surface area contributed by atoms with Gasteiger partial charge in [-0.2, -0.15) is 0 Å². The first-order valence-corrected chi connectivity index (χ1v) is 5.36. The van der Waals surface area contributed by atoms with Crippen LogP contribution >= 0.6 is 0 Å². The Labute approximate surface area is 90.5 Å². The fraction of sp³-hybridized carbons (Fsp3) is 0.385. The third-order valence-electron chi connectivity index (χ3n) is 2.48. The van der Waals surface area contributed by atoms with Crippen LogP contribution in [0.2, 0.25) is 0 Å². The smallest absolute Gasteiger partial charge is 0.132 e. The molecule has 0 amide bonds. The summed E-state index contributed by atoms with van der Waals surface area (Å²) in [6, 6.07) is 8.03. The van der Waals surface area contributed by atoms with Crippen LogP contribution in [0.1, 0.15) is 31.9 Å². The van der Waals surface area contributed by atoms with E-state index in [4.69, 9.17) is 9.47 Å². The highest BCUT2D eigenvalue weighted by atomic mass is 16.5. The van der Waals surface area contributed by atoms with Gasteiger partial charge in [-0.25, -0.2) is 0 Å². The highest BCUT2D eigenvalue weighted by Gasteiger charge is 2.22. The summed E-state index contributed by atoms with van der Waals surface area (Å²) in [5, 5.41) is 0. The van der Waals surface area contributed by atoms with Crippen molar-refractivity contribution in [2.45, 2.75) is 26.4 Å². The van der Waals surface area contributed by atoms with Crippen LogP contribution in [0, 0.1) is 0 Å². The largest absolute Gasteiger partial charge is 0.465 e. The Hall–Kier alpha value is -1.28. The van der Waals surface area contributed by atoms with E-state index in [1.54, 1.807) is 6.26 Å². The van der Waals surface area contributed by atoms with Gasteiger partial charge in [0.1, 0.15) is 11.9 Å². The van der Waals surface area contributed by atoms with Gasteiger partial charge < -0.3 is 9.47 Å². The zero-order valence-corrected chi connectivity index (χ0v) is 9.19. The predicted molar refractivity (Wildman–Crippen MR) is 59.8 cm³/mol. The third kappa shape index (κ3) is 2.05. The van der Waals surface area contributed by atoms with Crippen LogP contribution in [0.15, 0.2) is 36.1 Å². The Balaban J connectivity index is 2.26. The van der Waals surface area contributed by atoms with Gasteiger partial charge >= 0.3 is 0 Å². The molecule has 1 aromatic rings. The van der Waals surface area contributed by atoms with Crippen molar-refractivity contribution in [1.29, 1.82) is 0 Å². The number of para-hydroxylation sites is 1. The molecule has 2 heteroatoms. The number of rotatable bonds is 3. The molecule has 0 radical (unpaired) electrons. The van der Waals surface area contributed by atoms with Crippen molar-refractivity contribution in [3.63, 3.8) is 0 Å². The summed E-state index contributed by atoms with van der Waals surface area (Å²) in [5.74, 6) is 0.907. The number of fused-ring (bicyclic) bond motifs is 1. The maximum absolute atomic E-state index is 5.82. The van der Waals surface area contributed by atoms with Crippen molar-refractivity contribution in [3.05, 3.63) is 41.7 Å². The van der Waals surface area contributed by atoms with Crippen LogP contribution in [0.5, 0.6) is 5.75 Å². The van der Waals surface area contributed by atoms with Crippen LogP contribution in [0.25, 0.3) is 0 Å². The molecule has 15 heavy (non-hydrogen) atoms. The van der Waals surface area contributed by atoms with Crippen LogP contribution in [0.4, 0.5) is 0 Å². The van der Waals surface area contributed by atoms with E-state index in [0.717, 1.165) is 29.9 Å². The Morgan fingerprint density at radius 2 is 2.13 bits per heavy atom. The van der Waals surface area contributed by atoms with Gasteiger partial charge in [-0.05, 0) is 25.0 Å². The van der Waals surface area contributed by atoms with Gasteiger partial charge in [-0.1, -0.05) is 25.1 Å². The fourth-order valence-electron chi connectivity index (χ4n) is 1.72. The molecule has 1 aliphatic rings. The Morgan fingerprint density at radius 1 is 1.33 bits per heavy atom. The Bertz CT molecular complexity index is 369. The lowest BCUT2D eigenvalue weighted by Gasteiger charge is -2.24. The molecule has 1 unspecified atom stereocenters. The molecule has 80 valence electrons. The molecule has 1 aliphatic heterocycles. The lowest BCUT2D eigenvalue weighted by molar-refractivity contribution is 0.0711. The number of ether oxygens (including phenoxy) is 2. The summed E-state index contributed by atoms with van der Waals surface area (Å²) < 4.78 is 11.3. The Morgan fingerprint density at radius 3 is 2.93 bits per heavy atom. The van der Waals surface area contributed by atoms with E-state index >= 15 is 0 Å². The van der Waals surface area contributed by atoms with Crippen LogP contribution in [-0.4, -0.2) is 6.61 Å². The van der Waals surface area contributed by atoms with Crippen molar-refractivity contribution in [3.8, 4) is 5.75 Å². The monoisotopic (exact) mass is 204 g/mol. The van der Waals surface area contributed by atoms with E-state index in [2.05, 4.69) is 13.0 Å². The van der Waals surface area contributed by atoms with Crippen LogP contribution < -0.4 is 4.74 Å². The molecule has 0 fully saturated rings. The molecule has 0 spiro atoms. The van der Waals surface area contributed by atoms with Crippen molar-refractivity contribution in [1.82, 2.24) is 0 Å². The summed E-state index contributed by atoms with van der Waals surface area (Å²) >= 11 is 0. The lowest BCUT2D eigenvalue weighted by Crippen LogP contribution is -2.12. The minimum atomic E-state index is 0.0647. The Kier molecular flexibility index (Phi) is 3.07. The van der Waals surface area contributed by atoms with Crippen molar-refractivity contribution >= 4 is 0 Å². The number of hydrogen-bond acceptors (Lipinski definition) is 2. The van der Waals surface area contributed by atoms with Crippen molar-refractivity contribution in [2.24, 2.45) is 0 Å². The first kappa shape index (κ1) is 10.2. The zero-order valence-electron chi connectivity index (χ0n) is 9.19. The molecule has 1 heterocycles. The molecule has 0 aromatic heterocycles. The van der Waals surface area contributed by atoms with E-state index in [1.807, 2.05) is 25.1 Å². The van der Waals surface area contributed by atoms with Crippen molar-refractivity contribution < 1.29 is 9.47 Å². The van der Waals surface area contributed by atoms with Gasteiger partial charge in [0, 0.05) is 12.2 Å². The van der Waals surface area contributed by atoms with Gasteiger partial charge in [0.15, 0.2) is 0 Å². The zero-order chi connectivity index (χ0) is 10.7.